The zero-order valence-electron chi connectivity index (χ0n) is 14.9. The summed E-state index contributed by atoms with van der Waals surface area (Å²) in [6, 6.07) is 4.76. The van der Waals surface area contributed by atoms with Gasteiger partial charge in [0, 0.05) is 31.2 Å². The lowest BCUT2D eigenvalue weighted by Crippen LogP contribution is -2.54. The van der Waals surface area contributed by atoms with Crippen molar-refractivity contribution in [3.8, 4) is 0 Å². The molecule has 1 aliphatic heterocycles. The first kappa shape index (κ1) is 20.3. The maximum Gasteiger partial charge on any atom is 0.410 e. The topological polar surface area (TPSA) is 96.0 Å². The molecule has 0 radical (unpaired) electrons. The highest BCUT2D eigenvalue weighted by Crippen LogP contribution is 2.15. The van der Waals surface area contributed by atoms with E-state index in [2.05, 4.69) is 0 Å². The molecule has 0 aliphatic carbocycles. The Labute approximate surface area is 158 Å². The van der Waals surface area contributed by atoms with Gasteiger partial charge < -0.3 is 14.5 Å². The average Bonchev–Trinajstić information content (AvgIpc) is 2.53. The Morgan fingerprint density at radius 2 is 1.54 bits per heavy atom. The molecular weight excluding hydrogens is 382 g/mol. The van der Waals surface area contributed by atoms with Crippen LogP contribution in [0, 0.1) is 0 Å². The van der Waals surface area contributed by atoms with Gasteiger partial charge >= 0.3 is 12.1 Å². The molecule has 0 spiro atoms. The molecule has 1 aliphatic rings. The molecule has 1 fully saturated rings. The SMILES string of the molecule is CC(C)(C)OC(=O)N1CCN(C(=O)NS(=O)(=O)c2ccc(Cl)cc2)CC1. The number of urea groups is 1. The Morgan fingerprint density at radius 1 is 1.04 bits per heavy atom. The van der Waals surface area contributed by atoms with Crippen LogP contribution in [-0.4, -0.2) is 62.1 Å². The van der Waals surface area contributed by atoms with Crippen LogP contribution in [0.1, 0.15) is 20.8 Å². The molecule has 0 unspecified atom stereocenters. The fraction of sp³-hybridized carbons (Fsp3) is 0.500. The molecule has 0 aromatic heterocycles. The number of hydrogen-bond acceptors (Lipinski definition) is 5. The molecule has 1 N–H and O–H groups in total. The molecule has 1 saturated heterocycles. The molecule has 26 heavy (non-hydrogen) atoms. The van der Waals surface area contributed by atoms with Gasteiger partial charge in [0.1, 0.15) is 5.60 Å². The second-order valence-electron chi connectivity index (χ2n) is 6.82. The minimum absolute atomic E-state index is 0.0531. The Morgan fingerprint density at radius 3 is 2.04 bits per heavy atom. The number of carbonyl (C=O) groups is 2. The van der Waals surface area contributed by atoms with Gasteiger partial charge in [0.05, 0.1) is 4.90 Å². The van der Waals surface area contributed by atoms with E-state index in [0.29, 0.717) is 5.02 Å². The summed E-state index contributed by atoms with van der Waals surface area (Å²) in [4.78, 5) is 27.0. The number of rotatable bonds is 2. The van der Waals surface area contributed by atoms with E-state index < -0.39 is 27.7 Å². The Kier molecular flexibility index (Phi) is 6.02. The van der Waals surface area contributed by atoms with Crippen molar-refractivity contribution in [2.45, 2.75) is 31.3 Å². The second kappa shape index (κ2) is 7.71. The number of nitrogens with zero attached hydrogens (tertiary/aromatic N) is 2. The zero-order chi connectivity index (χ0) is 19.5. The lowest BCUT2D eigenvalue weighted by molar-refractivity contribution is 0.0171. The van der Waals surface area contributed by atoms with Crippen LogP contribution >= 0.6 is 11.6 Å². The molecule has 2 rings (SSSR count). The van der Waals surface area contributed by atoms with Crippen molar-refractivity contribution < 1.29 is 22.7 Å². The molecule has 8 nitrogen and oxygen atoms in total. The van der Waals surface area contributed by atoms with Gasteiger partial charge in [-0.1, -0.05) is 11.6 Å². The van der Waals surface area contributed by atoms with Gasteiger partial charge in [-0.25, -0.2) is 22.7 Å². The van der Waals surface area contributed by atoms with Crippen molar-refractivity contribution in [2.24, 2.45) is 0 Å². The molecule has 1 aromatic rings. The van der Waals surface area contributed by atoms with Gasteiger partial charge in [-0.2, -0.15) is 0 Å². The fourth-order valence-corrected chi connectivity index (χ4v) is 3.37. The summed E-state index contributed by atoms with van der Waals surface area (Å²) in [6.45, 7) is 6.28. The summed E-state index contributed by atoms with van der Waals surface area (Å²) < 4.78 is 31.8. The average molecular weight is 404 g/mol. The molecule has 0 saturated carbocycles. The molecule has 10 heteroatoms. The Bertz CT molecular complexity index is 766. The van der Waals surface area contributed by atoms with E-state index in [4.69, 9.17) is 16.3 Å². The summed E-state index contributed by atoms with van der Waals surface area (Å²) in [6.07, 6.45) is -0.452. The fourth-order valence-electron chi connectivity index (χ4n) is 2.27. The van der Waals surface area contributed by atoms with Crippen molar-refractivity contribution in [1.29, 1.82) is 0 Å². The number of piperazine rings is 1. The Balaban J connectivity index is 1.92. The van der Waals surface area contributed by atoms with Gasteiger partial charge in [-0.15, -0.1) is 0 Å². The monoisotopic (exact) mass is 403 g/mol. The largest absolute Gasteiger partial charge is 0.444 e. The van der Waals surface area contributed by atoms with E-state index in [9.17, 15) is 18.0 Å². The van der Waals surface area contributed by atoms with Gasteiger partial charge in [-0.05, 0) is 45.0 Å². The highest BCUT2D eigenvalue weighted by Gasteiger charge is 2.29. The highest BCUT2D eigenvalue weighted by molar-refractivity contribution is 7.90. The van der Waals surface area contributed by atoms with Crippen LogP contribution in [0.5, 0.6) is 0 Å². The molecule has 1 aromatic carbocycles. The summed E-state index contributed by atoms with van der Waals surface area (Å²) in [5, 5.41) is 0.397. The van der Waals surface area contributed by atoms with Gasteiger partial charge in [0.25, 0.3) is 10.0 Å². The second-order valence-corrected chi connectivity index (χ2v) is 8.94. The van der Waals surface area contributed by atoms with Crippen LogP contribution in [0.3, 0.4) is 0 Å². The number of hydrogen-bond donors (Lipinski definition) is 1. The minimum Gasteiger partial charge on any atom is -0.444 e. The lowest BCUT2D eigenvalue weighted by atomic mass is 10.2. The number of amides is 3. The zero-order valence-corrected chi connectivity index (χ0v) is 16.4. The van der Waals surface area contributed by atoms with E-state index in [-0.39, 0.29) is 31.1 Å². The van der Waals surface area contributed by atoms with Gasteiger partial charge in [-0.3, -0.25) is 0 Å². The van der Waals surface area contributed by atoms with E-state index in [1.807, 2.05) is 4.72 Å². The molecule has 3 amide bonds. The standard InChI is InChI=1S/C16H22ClN3O5S/c1-16(2,3)25-15(22)20-10-8-19(9-11-20)14(21)18-26(23,24)13-6-4-12(17)5-7-13/h4-7H,8-11H2,1-3H3,(H,18,21). The summed E-state index contributed by atoms with van der Waals surface area (Å²) in [7, 11) is -3.98. The maximum atomic E-state index is 12.2. The van der Waals surface area contributed by atoms with E-state index in [1.54, 1.807) is 20.8 Å². The van der Waals surface area contributed by atoms with Crippen LogP contribution in [-0.2, 0) is 14.8 Å². The van der Waals surface area contributed by atoms with Crippen molar-refractivity contribution in [3.63, 3.8) is 0 Å². The molecule has 0 bridgehead atoms. The van der Waals surface area contributed by atoms with Crippen molar-refractivity contribution in [2.75, 3.05) is 26.2 Å². The molecule has 1 heterocycles. The van der Waals surface area contributed by atoms with Gasteiger partial charge in [0.2, 0.25) is 0 Å². The number of sulfonamides is 1. The van der Waals surface area contributed by atoms with Crippen molar-refractivity contribution in [3.05, 3.63) is 29.3 Å². The van der Waals surface area contributed by atoms with Crippen LogP contribution in [0.2, 0.25) is 5.02 Å². The number of benzene rings is 1. The van der Waals surface area contributed by atoms with Crippen LogP contribution in [0.25, 0.3) is 0 Å². The maximum absolute atomic E-state index is 12.2. The van der Waals surface area contributed by atoms with Crippen molar-refractivity contribution >= 4 is 33.7 Å². The number of carbonyl (C=O) groups excluding carboxylic acids is 2. The van der Waals surface area contributed by atoms with E-state index in [0.717, 1.165) is 0 Å². The third-order valence-electron chi connectivity index (χ3n) is 3.56. The number of ether oxygens (including phenoxy) is 1. The third kappa shape index (κ3) is 5.50. The first-order valence-corrected chi connectivity index (χ1v) is 9.89. The highest BCUT2D eigenvalue weighted by atomic mass is 35.5. The third-order valence-corrected chi connectivity index (χ3v) is 5.15. The van der Waals surface area contributed by atoms with Crippen LogP contribution in [0.15, 0.2) is 29.2 Å². The number of halogens is 1. The van der Waals surface area contributed by atoms with Crippen LogP contribution < -0.4 is 4.72 Å². The van der Waals surface area contributed by atoms with Crippen molar-refractivity contribution in [1.82, 2.24) is 14.5 Å². The Hall–Kier alpha value is -2.00. The number of nitrogens with one attached hydrogen (secondary N) is 1. The lowest BCUT2D eigenvalue weighted by Gasteiger charge is -2.35. The van der Waals surface area contributed by atoms with E-state index >= 15 is 0 Å². The van der Waals surface area contributed by atoms with Gasteiger partial charge in [0.15, 0.2) is 0 Å². The quantitative estimate of drug-likeness (QED) is 0.817. The van der Waals surface area contributed by atoms with Crippen LogP contribution in [0.4, 0.5) is 9.59 Å². The summed E-state index contributed by atoms with van der Waals surface area (Å²) in [5.41, 5.74) is -0.599. The first-order valence-electron chi connectivity index (χ1n) is 8.03. The normalized spacial score (nSPS) is 15.5. The van der Waals surface area contributed by atoms with E-state index in [1.165, 1.54) is 34.1 Å². The summed E-state index contributed by atoms with van der Waals surface area (Å²) in [5.74, 6) is 0. The first-order chi connectivity index (χ1) is 12.0. The molecule has 144 valence electrons. The summed E-state index contributed by atoms with van der Waals surface area (Å²) >= 11 is 5.74. The molecule has 0 atom stereocenters. The smallest absolute Gasteiger partial charge is 0.410 e. The predicted octanol–water partition coefficient (Wildman–Crippen LogP) is 2.29. The minimum atomic E-state index is -3.98. The molecular formula is C16H22ClN3O5S. The predicted molar refractivity (Wildman–Crippen MR) is 96.5 cm³/mol.